The zero-order chi connectivity index (χ0) is 13.8. The zero-order valence-corrected chi connectivity index (χ0v) is 12.1. The molecular formula is C13H18BrNO3. The maximum atomic E-state index is 11.9. The van der Waals surface area contributed by atoms with Crippen LogP contribution in [0.25, 0.3) is 0 Å². The van der Waals surface area contributed by atoms with Crippen molar-refractivity contribution in [2.75, 3.05) is 6.54 Å². The molecule has 1 amide bonds. The molecule has 3 N–H and O–H groups in total. The van der Waals surface area contributed by atoms with Gasteiger partial charge in [0.05, 0.1) is 11.2 Å². The molecule has 0 aliphatic rings. The van der Waals surface area contributed by atoms with Crippen molar-refractivity contribution in [3.8, 4) is 5.75 Å². The van der Waals surface area contributed by atoms with Gasteiger partial charge < -0.3 is 15.5 Å². The standard InChI is InChI=1S/C13H18BrNO3/c1-3-13(18,4-2)8-15-12(17)10-7-9(14)5-6-11(10)16/h5-7,16,18H,3-4,8H2,1-2H3,(H,15,17). The summed E-state index contributed by atoms with van der Waals surface area (Å²) >= 11 is 3.24. The number of hydrogen-bond acceptors (Lipinski definition) is 3. The largest absolute Gasteiger partial charge is 0.507 e. The second-order valence-corrected chi connectivity index (χ2v) is 5.19. The van der Waals surface area contributed by atoms with Gasteiger partial charge in [-0.25, -0.2) is 0 Å². The van der Waals surface area contributed by atoms with Crippen molar-refractivity contribution in [2.24, 2.45) is 0 Å². The maximum absolute atomic E-state index is 11.9. The monoisotopic (exact) mass is 315 g/mol. The molecule has 1 aromatic rings. The van der Waals surface area contributed by atoms with Crippen molar-refractivity contribution in [1.82, 2.24) is 5.32 Å². The molecule has 1 aromatic carbocycles. The highest BCUT2D eigenvalue weighted by molar-refractivity contribution is 9.10. The Kier molecular flexibility index (Phi) is 5.16. The molecule has 0 saturated heterocycles. The summed E-state index contributed by atoms with van der Waals surface area (Å²) in [5.41, 5.74) is -0.698. The highest BCUT2D eigenvalue weighted by Gasteiger charge is 2.23. The van der Waals surface area contributed by atoms with Gasteiger partial charge in [0.1, 0.15) is 5.75 Å². The lowest BCUT2D eigenvalue weighted by atomic mass is 9.97. The van der Waals surface area contributed by atoms with Crippen LogP contribution in [0.1, 0.15) is 37.0 Å². The Morgan fingerprint density at radius 3 is 2.56 bits per heavy atom. The Morgan fingerprint density at radius 1 is 1.39 bits per heavy atom. The third kappa shape index (κ3) is 3.71. The maximum Gasteiger partial charge on any atom is 0.255 e. The van der Waals surface area contributed by atoms with Gasteiger partial charge in [-0.3, -0.25) is 4.79 Å². The van der Waals surface area contributed by atoms with E-state index >= 15 is 0 Å². The third-order valence-electron chi connectivity index (χ3n) is 3.10. The number of aliphatic hydroxyl groups is 1. The van der Waals surface area contributed by atoms with Crippen molar-refractivity contribution < 1.29 is 15.0 Å². The van der Waals surface area contributed by atoms with Crippen molar-refractivity contribution in [2.45, 2.75) is 32.3 Å². The summed E-state index contributed by atoms with van der Waals surface area (Å²) in [6, 6.07) is 4.65. The minimum absolute atomic E-state index is 0.0766. The average Bonchev–Trinajstić information content (AvgIpc) is 2.38. The number of phenolic OH excluding ortho intramolecular Hbond substituents is 1. The first-order chi connectivity index (χ1) is 8.41. The van der Waals surface area contributed by atoms with E-state index in [1.165, 1.54) is 6.07 Å². The van der Waals surface area contributed by atoms with Crippen LogP contribution >= 0.6 is 15.9 Å². The molecule has 0 unspecified atom stereocenters. The molecule has 0 aliphatic carbocycles. The third-order valence-corrected chi connectivity index (χ3v) is 3.59. The molecule has 0 spiro atoms. The van der Waals surface area contributed by atoms with Crippen LogP contribution in [0.4, 0.5) is 0 Å². The number of carbonyl (C=O) groups is 1. The molecule has 5 heteroatoms. The van der Waals surface area contributed by atoms with E-state index in [-0.39, 0.29) is 17.9 Å². The number of aromatic hydroxyl groups is 1. The van der Waals surface area contributed by atoms with Gasteiger partial charge in [-0.15, -0.1) is 0 Å². The van der Waals surface area contributed by atoms with E-state index in [2.05, 4.69) is 21.2 Å². The van der Waals surface area contributed by atoms with Gasteiger partial charge in [0.25, 0.3) is 5.91 Å². The molecule has 0 bridgehead atoms. The molecule has 0 saturated carbocycles. The first-order valence-corrected chi connectivity index (χ1v) is 6.70. The minimum atomic E-state index is -0.892. The number of rotatable bonds is 5. The van der Waals surface area contributed by atoms with Crippen molar-refractivity contribution in [3.05, 3.63) is 28.2 Å². The average molecular weight is 316 g/mol. The first-order valence-electron chi connectivity index (χ1n) is 5.91. The van der Waals surface area contributed by atoms with E-state index in [1.54, 1.807) is 12.1 Å². The molecule has 0 aliphatic heterocycles. The predicted molar refractivity (Wildman–Crippen MR) is 73.7 cm³/mol. The fraction of sp³-hybridized carbons (Fsp3) is 0.462. The smallest absolute Gasteiger partial charge is 0.255 e. The molecule has 100 valence electrons. The van der Waals surface area contributed by atoms with Crippen LogP contribution in [0.15, 0.2) is 22.7 Å². The fourth-order valence-corrected chi connectivity index (χ4v) is 1.89. The van der Waals surface area contributed by atoms with Crippen LogP contribution in [0.5, 0.6) is 5.75 Å². The summed E-state index contributed by atoms with van der Waals surface area (Å²) in [5, 5.41) is 22.3. The Hall–Kier alpha value is -1.07. The minimum Gasteiger partial charge on any atom is -0.507 e. The molecule has 0 fully saturated rings. The summed E-state index contributed by atoms with van der Waals surface area (Å²) in [4.78, 5) is 11.9. The van der Waals surface area contributed by atoms with E-state index in [0.717, 1.165) is 0 Å². The Morgan fingerprint density at radius 2 is 2.00 bits per heavy atom. The van der Waals surface area contributed by atoms with Gasteiger partial charge in [0.15, 0.2) is 0 Å². The molecule has 18 heavy (non-hydrogen) atoms. The Bertz CT molecular complexity index is 430. The molecule has 0 radical (unpaired) electrons. The lowest BCUT2D eigenvalue weighted by Gasteiger charge is -2.25. The van der Waals surface area contributed by atoms with Crippen molar-refractivity contribution >= 4 is 21.8 Å². The topological polar surface area (TPSA) is 69.6 Å². The van der Waals surface area contributed by atoms with Crippen LogP contribution in [-0.4, -0.2) is 28.3 Å². The van der Waals surface area contributed by atoms with Crippen LogP contribution in [0, 0.1) is 0 Å². The molecule has 1 rings (SSSR count). The fourth-order valence-electron chi connectivity index (χ4n) is 1.53. The van der Waals surface area contributed by atoms with E-state index in [4.69, 9.17) is 0 Å². The lowest BCUT2D eigenvalue weighted by molar-refractivity contribution is 0.0313. The van der Waals surface area contributed by atoms with Gasteiger partial charge in [-0.2, -0.15) is 0 Å². The molecule has 0 atom stereocenters. The van der Waals surface area contributed by atoms with Crippen molar-refractivity contribution in [3.63, 3.8) is 0 Å². The number of phenols is 1. The second-order valence-electron chi connectivity index (χ2n) is 4.28. The number of amides is 1. The lowest BCUT2D eigenvalue weighted by Crippen LogP contribution is -2.42. The summed E-state index contributed by atoms with van der Waals surface area (Å²) in [7, 11) is 0. The van der Waals surface area contributed by atoms with Crippen LogP contribution in [0.3, 0.4) is 0 Å². The molecule has 0 heterocycles. The Labute approximate surface area is 115 Å². The highest BCUT2D eigenvalue weighted by Crippen LogP contribution is 2.22. The second kappa shape index (κ2) is 6.20. The first kappa shape index (κ1) is 15.0. The van der Waals surface area contributed by atoms with Gasteiger partial charge >= 0.3 is 0 Å². The number of nitrogens with one attached hydrogen (secondary N) is 1. The van der Waals surface area contributed by atoms with Gasteiger partial charge in [-0.1, -0.05) is 29.8 Å². The summed E-state index contributed by atoms with van der Waals surface area (Å²) in [6.07, 6.45) is 1.13. The number of hydrogen-bond donors (Lipinski definition) is 3. The molecule has 4 nitrogen and oxygen atoms in total. The quantitative estimate of drug-likeness (QED) is 0.781. The van der Waals surface area contributed by atoms with Crippen LogP contribution < -0.4 is 5.32 Å². The van der Waals surface area contributed by atoms with E-state index < -0.39 is 11.5 Å². The van der Waals surface area contributed by atoms with Crippen molar-refractivity contribution in [1.29, 1.82) is 0 Å². The molecular weight excluding hydrogens is 298 g/mol. The highest BCUT2D eigenvalue weighted by atomic mass is 79.9. The number of carbonyl (C=O) groups excluding carboxylic acids is 1. The summed E-state index contributed by atoms with van der Waals surface area (Å²) < 4.78 is 0.715. The SMILES string of the molecule is CCC(O)(CC)CNC(=O)c1cc(Br)ccc1O. The van der Waals surface area contributed by atoms with Gasteiger partial charge in [0, 0.05) is 11.0 Å². The van der Waals surface area contributed by atoms with E-state index in [0.29, 0.717) is 17.3 Å². The van der Waals surface area contributed by atoms with Gasteiger partial charge in [0.2, 0.25) is 0 Å². The summed E-state index contributed by atoms with van der Waals surface area (Å²) in [5.74, 6) is -0.471. The summed E-state index contributed by atoms with van der Waals surface area (Å²) in [6.45, 7) is 3.91. The molecule has 0 aromatic heterocycles. The van der Waals surface area contributed by atoms with E-state index in [1.807, 2.05) is 13.8 Å². The zero-order valence-electron chi connectivity index (χ0n) is 10.5. The number of benzene rings is 1. The number of halogens is 1. The van der Waals surface area contributed by atoms with Crippen LogP contribution in [0.2, 0.25) is 0 Å². The van der Waals surface area contributed by atoms with Crippen LogP contribution in [-0.2, 0) is 0 Å². The van der Waals surface area contributed by atoms with Gasteiger partial charge in [-0.05, 0) is 31.0 Å². The normalized spacial score (nSPS) is 11.3. The van der Waals surface area contributed by atoms with E-state index in [9.17, 15) is 15.0 Å². The Balaban J connectivity index is 2.74. The predicted octanol–water partition coefficient (Wildman–Crippen LogP) is 2.44.